The van der Waals surface area contributed by atoms with E-state index in [0.29, 0.717) is 18.1 Å². The number of furan rings is 1. The standard InChI is InChI=1S/C10H16N2O/c1-7(10-3-2-4-13-10)12-9-5-8(11)6-9/h2-4,7-9,12H,5-6,11H2,1H3. The van der Waals surface area contributed by atoms with E-state index in [0.717, 1.165) is 18.6 Å². The van der Waals surface area contributed by atoms with Gasteiger partial charge in [0, 0.05) is 12.1 Å². The minimum atomic E-state index is 0.299. The van der Waals surface area contributed by atoms with Gasteiger partial charge >= 0.3 is 0 Å². The second-order valence-corrected chi connectivity index (χ2v) is 3.83. The normalized spacial score (nSPS) is 29.7. The second-order valence-electron chi connectivity index (χ2n) is 3.83. The molecule has 1 saturated carbocycles. The summed E-state index contributed by atoms with van der Waals surface area (Å²) in [7, 11) is 0. The Labute approximate surface area is 78.3 Å². The highest BCUT2D eigenvalue weighted by atomic mass is 16.3. The summed E-state index contributed by atoms with van der Waals surface area (Å²) in [6, 6.07) is 5.19. The molecular weight excluding hydrogens is 164 g/mol. The van der Waals surface area contributed by atoms with Crippen LogP contribution in [0.2, 0.25) is 0 Å². The van der Waals surface area contributed by atoms with Gasteiger partial charge in [0.25, 0.3) is 0 Å². The summed E-state index contributed by atoms with van der Waals surface area (Å²) >= 11 is 0. The van der Waals surface area contributed by atoms with Crippen molar-refractivity contribution in [1.29, 1.82) is 0 Å². The van der Waals surface area contributed by atoms with Crippen LogP contribution in [0.25, 0.3) is 0 Å². The molecule has 0 aromatic carbocycles. The van der Waals surface area contributed by atoms with Crippen molar-refractivity contribution in [1.82, 2.24) is 5.32 Å². The van der Waals surface area contributed by atoms with Crippen LogP contribution in [0.15, 0.2) is 22.8 Å². The van der Waals surface area contributed by atoms with E-state index in [4.69, 9.17) is 10.2 Å². The molecule has 0 bridgehead atoms. The van der Waals surface area contributed by atoms with Crippen LogP contribution < -0.4 is 11.1 Å². The molecule has 1 atom stereocenters. The number of rotatable bonds is 3. The van der Waals surface area contributed by atoms with Crippen molar-refractivity contribution < 1.29 is 4.42 Å². The Hall–Kier alpha value is -0.800. The zero-order valence-corrected chi connectivity index (χ0v) is 7.86. The summed E-state index contributed by atoms with van der Waals surface area (Å²) < 4.78 is 5.30. The van der Waals surface area contributed by atoms with Crippen LogP contribution in [-0.4, -0.2) is 12.1 Å². The maximum atomic E-state index is 5.70. The van der Waals surface area contributed by atoms with Gasteiger partial charge in [-0.1, -0.05) is 0 Å². The van der Waals surface area contributed by atoms with E-state index in [-0.39, 0.29) is 0 Å². The molecule has 0 saturated heterocycles. The molecule has 1 aliphatic carbocycles. The molecule has 1 aromatic heterocycles. The highest BCUT2D eigenvalue weighted by Crippen LogP contribution is 2.22. The Morgan fingerprint density at radius 1 is 1.62 bits per heavy atom. The van der Waals surface area contributed by atoms with Gasteiger partial charge in [0.1, 0.15) is 5.76 Å². The van der Waals surface area contributed by atoms with Crippen molar-refractivity contribution >= 4 is 0 Å². The third-order valence-corrected chi connectivity index (χ3v) is 2.63. The number of hydrogen-bond acceptors (Lipinski definition) is 3. The molecule has 1 heterocycles. The van der Waals surface area contributed by atoms with Gasteiger partial charge in [0.05, 0.1) is 12.3 Å². The average molecular weight is 180 g/mol. The SMILES string of the molecule is CC(NC1CC(N)C1)c1ccco1. The lowest BCUT2D eigenvalue weighted by atomic mass is 9.87. The Morgan fingerprint density at radius 3 is 2.92 bits per heavy atom. The van der Waals surface area contributed by atoms with Crippen LogP contribution in [0.3, 0.4) is 0 Å². The largest absolute Gasteiger partial charge is 0.468 e. The molecule has 2 rings (SSSR count). The number of nitrogens with one attached hydrogen (secondary N) is 1. The highest BCUT2D eigenvalue weighted by Gasteiger charge is 2.27. The molecule has 3 nitrogen and oxygen atoms in total. The number of hydrogen-bond donors (Lipinski definition) is 2. The van der Waals surface area contributed by atoms with Gasteiger partial charge in [-0.05, 0) is 31.9 Å². The molecule has 0 aliphatic heterocycles. The third kappa shape index (κ3) is 1.92. The lowest BCUT2D eigenvalue weighted by Crippen LogP contribution is -2.48. The Bertz CT molecular complexity index is 252. The minimum absolute atomic E-state index is 0.299. The Morgan fingerprint density at radius 2 is 2.38 bits per heavy atom. The van der Waals surface area contributed by atoms with E-state index in [1.54, 1.807) is 6.26 Å². The smallest absolute Gasteiger partial charge is 0.120 e. The molecule has 13 heavy (non-hydrogen) atoms. The highest BCUT2D eigenvalue weighted by molar-refractivity contribution is 5.04. The van der Waals surface area contributed by atoms with Gasteiger partial charge < -0.3 is 15.5 Å². The topological polar surface area (TPSA) is 51.2 Å². The molecule has 3 heteroatoms. The summed E-state index contributed by atoms with van der Waals surface area (Å²) in [5.41, 5.74) is 5.70. The molecule has 1 unspecified atom stereocenters. The minimum Gasteiger partial charge on any atom is -0.468 e. The van der Waals surface area contributed by atoms with Crippen LogP contribution in [0, 0.1) is 0 Å². The van der Waals surface area contributed by atoms with Gasteiger partial charge in [-0.25, -0.2) is 0 Å². The molecule has 0 radical (unpaired) electrons. The van der Waals surface area contributed by atoms with Gasteiger partial charge in [0.15, 0.2) is 0 Å². The van der Waals surface area contributed by atoms with Crippen LogP contribution in [0.5, 0.6) is 0 Å². The quantitative estimate of drug-likeness (QED) is 0.739. The Kier molecular flexibility index (Phi) is 2.38. The first-order valence-electron chi connectivity index (χ1n) is 4.80. The van der Waals surface area contributed by atoms with Gasteiger partial charge in [-0.15, -0.1) is 0 Å². The van der Waals surface area contributed by atoms with Crippen molar-refractivity contribution in [2.45, 2.75) is 37.9 Å². The molecule has 72 valence electrons. The first-order chi connectivity index (χ1) is 6.25. The van der Waals surface area contributed by atoms with Crippen molar-refractivity contribution in [3.63, 3.8) is 0 Å². The number of nitrogens with two attached hydrogens (primary N) is 1. The molecule has 0 spiro atoms. The van der Waals surface area contributed by atoms with Crippen molar-refractivity contribution in [2.75, 3.05) is 0 Å². The fourth-order valence-corrected chi connectivity index (χ4v) is 1.77. The van der Waals surface area contributed by atoms with Gasteiger partial charge in [-0.3, -0.25) is 0 Å². The predicted octanol–water partition coefficient (Wildman–Crippen LogP) is 1.42. The maximum Gasteiger partial charge on any atom is 0.120 e. The summed E-state index contributed by atoms with van der Waals surface area (Å²) in [4.78, 5) is 0. The van der Waals surface area contributed by atoms with Gasteiger partial charge in [-0.2, -0.15) is 0 Å². The summed E-state index contributed by atoms with van der Waals surface area (Å²) in [6.07, 6.45) is 3.89. The van der Waals surface area contributed by atoms with Crippen molar-refractivity contribution in [3.8, 4) is 0 Å². The first kappa shape index (κ1) is 8.78. The lowest BCUT2D eigenvalue weighted by molar-refractivity contribution is 0.260. The van der Waals surface area contributed by atoms with E-state index in [9.17, 15) is 0 Å². The monoisotopic (exact) mass is 180 g/mol. The van der Waals surface area contributed by atoms with Crippen LogP contribution in [-0.2, 0) is 0 Å². The summed E-state index contributed by atoms with van der Waals surface area (Å²) in [6.45, 7) is 2.11. The zero-order chi connectivity index (χ0) is 9.26. The third-order valence-electron chi connectivity index (χ3n) is 2.63. The molecule has 1 aliphatic rings. The zero-order valence-electron chi connectivity index (χ0n) is 7.86. The van der Waals surface area contributed by atoms with Crippen LogP contribution >= 0.6 is 0 Å². The van der Waals surface area contributed by atoms with E-state index in [2.05, 4.69) is 12.2 Å². The van der Waals surface area contributed by atoms with Crippen LogP contribution in [0.4, 0.5) is 0 Å². The van der Waals surface area contributed by atoms with Crippen LogP contribution in [0.1, 0.15) is 31.6 Å². The molecule has 1 fully saturated rings. The summed E-state index contributed by atoms with van der Waals surface area (Å²) in [5, 5.41) is 3.48. The van der Waals surface area contributed by atoms with E-state index < -0.39 is 0 Å². The first-order valence-corrected chi connectivity index (χ1v) is 4.80. The van der Waals surface area contributed by atoms with Crippen molar-refractivity contribution in [2.24, 2.45) is 5.73 Å². The lowest BCUT2D eigenvalue weighted by Gasteiger charge is -2.34. The molecular formula is C10H16N2O. The van der Waals surface area contributed by atoms with E-state index in [1.165, 1.54) is 0 Å². The predicted molar refractivity (Wildman–Crippen MR) is 51.3 cm³/mol. The average Bonchev–Trinajstić information content (AvgIpc) is 2.53. The Balaban J connectivity index is 1.82. The van der Waals surface area contributed by atoms with Gasteiger partial charge in [0.2, 0.25) is 0 Å². The van der Waals surface area contributed by atoms with E-state index in [1.807, 2.05) is 12.1 Å². The van der Waals surface area contributed by atoms with Crippen molar-refractivity contribution in [3.05, 3.63) is 24.2 Å². The second kappa shape index (κ2) is 3.52. The summed E-state index contributed by atoms with van der Waals surface area (Å²) in [5.74, 6) is 1.00. The molecule has 3 N–H and O–H groups in total. The maximum absolute atomic E-state index is 5.70. The fourth-order valence-electron chi connectivity index (χ4n) is 1.77. The van der Waals surface area contributed by atoms with E-state index >= 15 is 0 Å². The molecule has 0 amide bonds. The molecule has 1 aromatic rings. The fraction of sp³-hybridized carbons (Fsp3) is 0.600.